The van der Waals surface area contributed by atoms with Crippen LogP contribution in [0.3, 0.4) is 0 Å². The van der Waals surface area contributed by atoms with Crippen molar-refractivity contribution in [2.75, 3.05) is 18.5 Å². The lowest BCUT2D eigenvalue weighted by Crippen LogP contribution is -2.33. The van der Waals surface area contributed by atoms with E-state index in [4.69, 9.17) is 4.84 Å². The van der Waals surface area contributed by atoms with Crippen LogP contribution in [-0.4, -0.2) is 19.1 Å². The lowest BCUT2D eigenvalue weighted by Gasteiger charge is -2.25. The average Bonchev–Trinajstić information content (AvgIpc) is 2.35. The van der Waals surface area contributed by atoms with E-state index < -0.39 is 0 Å². The summed E-state index contributed by atoms with van der Waals surface area (Å²) in [4.78, 5) is 16.8. The normalized spacial score (nSPS) is 18.4. The number of para-hydroxylation sites is 1. The molecule has 0 aliphatic carbocycles. The highest BCUT2D eigenvalue weighted by Gasteiger charge is 2.25. The number of anilines is 1. The number of carbonyl (C=O) groups excluding carboxylic acids is 1. The van der Waals surface area contributed by atoms with Crippen molar-refractivity contribution in [3.63, 3.8) is 0 Å². The Morgan fingerprint density at radius 3 is 3.19 bits per heavy atom. The quantitative estimate of drug-likeness (QED) is 0.761. The monoisotopic (exact) mass is 220 g/mol. The number of fused-ring (bicyclic) bond motifs is 1. The standard InChI is InChI=1S/C12H16N2O2/c1-2-16-14-12(15)10-7-8-13-11-6-4-3-5-9(10)11/h3-6,10,13H,2,7-8H2,1H3,(H,14,15). The van der Waals surface area contributed by atoms with Gasteiger partial charge in [0.15, 0.2) is 0 Å². The molecule has 2 rings (SSSR count). The second-order valence-electron chi connectivity index (χ2n) is 3.75. The van der Waals surface area contributed by atoms with E-state index in [0.717, 1.165) is 24.2 Å². The summed E-state index contributed by atoms with van der Waals surface area (Å²) >= 11 is 0. The first-order chi connectivity index (χ1) is 7.83. The van der Waals surface area contributed by atoms with Gasteiger partial charge in [-0.05, 0) is 25.0 Å². The van der Waals surface area contributed by atoms with E-state index in [2.05, 4.69) is 10.8 Å². The Labute approximate surface area is 94.9 Å². The lowest BCUT2D eigenvalue weighted by molar-refractivity contribution is -0.134. The summed E-state index contributed by atoms with van der Waals surface area (Å²) in [6.07, 6.45) is 0.802. The van der Waals surface area contributed by atoms with E-state index in [9.17, 15) is 4.79 Å². The SMILES string of the molecule is CCONC(=O)C1CCNc2ccccc21. The zero-order valence-corrected chi connectivity index (χ0v) is 9.32. The van der Waals surface area contributed by atoms with Crippen LogP contribution in [0.25, 0.3) is 0 Å². The van der Waals surface area contributed by atoms with Gasteiger partial charge in [0.2, 0.25) is 0 Å². The van der Waals surface area contributed by atoms with E-state index in [1.807, 2.05) is 31.2 Å². The Kier molecular flexibility index (Phi) is 3.41. The minimum Gasteiger partial charge on any atom is -0.385 e. The third kappa shape index (κ3) is 2.17. The van der Waals surface area contributed by atoms with Gasteiger partial charge in [-0.25, -0.2) is 5.48 Å². The molecular formula is C12H16N2O2. The third-order valence-electron chi connectivity index (χ3n) is 2.72. The highest BCUT2D eigenvalue weighted by Crippen LogP contribution is 2.31. The molecule has 1 heterocycles. The van der Waals surface area contributed by atoms with Gasteiger partial charge in [-0.15, -0.1) is 0 Å². The molecule has 16 heavy (non-hydrogen) atoms. The van der Waals surface area contributed by atoms with Crippen molar-refractivity contribution in [1.82, 2.24) is 5.48 Å². The Bertz CT molecular complexity index is 379. The van der Waals surface area contributed by atoms with E-state index in [0.29, 0.717) is 6.61 Å². The smallest absolute Gasteiger partial charge is 0.251 e. The maximum atomic E-state index is 11.9. The van der Waals surface area contributed by atoms with Gasteiger partial charge in [0.1, 0.15) is 0 Å². The van der Waals surface area contributed by atoms with Crippen LogP contribution in [0, 0.1) is 0 Å². The highest BCUT2D eigenvalue weighted by molar-refractivity contribution is 5.85. The molecule has 0 aromatic heterocycles. The first kappa shape index (κ1) is 11.0. The van der Waals surface area contributed by atoms with E-state index in [1.165, 1.54) is 0 Å². The Morgan fingerprint density at radius 2 is 2.38 bits per heavy atom. The van der Waals surface area contributed by atoms with Crippen LogP contribution in [0.15, 0.2) is 24.3 Å². The Morgan fingerprint density at radius 1 is 1.56 bits per heavy atom. The highest BCUT2D eigenvalue weighted by atomic mass is 16.6. The summed E-state index contributed by atoms with van der Waals surface area (Å²) in [5.41, 5.74) is 4.57. The van der Waals surface area contributed by atoms with Crippen molar-refractivity contribution in [2.24, 2.45) is 0 Å². The molecule has 1 aromatic carbocycles. The predicted octanol–water partition coefficient (Wildman–Crippen LogP) is 1.65. The minimum absolute atomic E-state index is 0.0594. The van der Waals surface area contributed by atoms with Gasteiger partial charge in [0.25, 0.3) is 5.91 Å². The molecule has 0 spiro atoms. The Hall–Kier alpha value is -1.55. The molecule has 4 heteroatoms. The molecule has 86 valence electrons. The fraction of sp³-hybridized carbons (Fsp3) is 0.417. The molecule has 2 N–H and O–H groups in total. The summed E-state index contributed by atoms with van der Waals surface area (Å²) in [6.45, 7) is 3.15. The fourth-order valence-corrected chi connectivity index (χ4v) is 1.96. The van der Waals surface area contributed by atoms with Crippen LogP contribution >= 0.6 is 0 Å². The molecule has 0 saturated heterocycles. The molecule has 1 atom stereocenters. The molecule has 1 aliphatic heterocycles. The topological polar surface area (TPSA) is 50.4 Å². The van der Waals surface area contributed by atoms with E-state index in [-0.39, 0.29) is 11.8 Å². The van der Waals surface area contributed by atoms with E-state index in [1.54, 1.807) is 0 Å². The van der Waals surface area contributed by atoms with Gasteiger partial charge < -0.3 is 5.32 Å². The van der Waals surface area contributed by atoms with Gasteiger partial charge in [0.05, 0.1) is 12.5 Å². The summed E-state index contributed by atoms with van der Waals surface area (Å²) in [7, 11) is 0. The molecule has 0 radical (unpaired) electrons. The summed E-state index contributed by atoms with van der Waals surface area (Å²) in [6, 6.07) is 7.90. The van der Waals surface area contributed by atoms with Crippen molar-refractivity contribution in [1.29, 1.82) is 0 Å². The van der Waals surface area contributed by atoms with Gasteiger partial charge in [-0.1, -0.05) is 18.2 Å². The largest absolute Gasteiger partial charge is 0.385 e. The molecule has 0 bridgehead atoms. The molecule has 0 saturated carbocycles. The summed E-state index contributed by atoms with van der Waals surface area (Å²) in [5, 5.41) is 3.28. The van der Waals surface area contributed by atoms with E-state index >= 15 is 0 Å². The molecular weight excluding hydrogens is 204 g/mol. The third-order valence-corrected chi connectivity index (χ3v) is 2.72. The fourth-order valence-electron chi connectivity index (χ4n) is 1.96. The number of hydrogen-bond donors (Lipinski definition) is 2. The molecule has 1 aromatic rings. The molecule has 0 fully saturated rings. The average molecular weight is 220 g/mol. The lowest BCUT2D eigenvalue weighted by atomic mass is 9.90. The van der Waals surface area contributed by atoms with Crippen LogP contribution in [0.2, 0.25) is 0 Å². The van der Waals surface area contributed by atoms with Crippen molar-refractivity contribution >= 4 is 11.6 Å². The number of carbonyl (C=O) groups is 1. The van der Waals surface area contributed by atoms with Gasteiger partial charge in [-0.3, -0.25) is 9.63 Å². The number of amides is 1. The van der Waals surface area contributed by atoms with Crippen molar-refractivity contribution in [2.45, 2.75) is 19.3 Å². The zero-order chi connectivity index (χ0) is 11.4. The van der Waals surface area contributed by atoms with Crippen LogP contribution in [0.4, 0.5) is 5.69 Å². The first-order valence-electron chi connectivity index (χ1n) is 5.57. The van der Waals surface area contributed by atoms with Crippen LogP contribution < -0.4 is 10.8 Å². The van der Waals surface area contributed by atoms with Crippen LogP contribution in [-0.2, 0) is 9.63 Å². The van der Waals surface area contributed by atoms with Crippen LogP contribution in [0.1, 0.15) is 24.8 Å². The number of rotatable bonds is 3. The summed E-state index contributed by atoms with van der Waals surface area (Å²) < 4.78 is 0. The first-order valence-corrected chi connectivity index (χ1v) is 5.57. The minimum atomic E-state index is -0.107. The van der Waals surface area contributed by atoms with Crippen molar-refractivity contribution in [3.05, 3.63) is 29.8 Å². The van der Waals surface area contributed by atoms with Gasteiger partial charge in [0, 0.05) is 12.2 Å². The number of hydrogen-bond acceptors (Lipinski definition) is 3. The number of hydroxylamine groups is 1. The second kappa shape index (κ2) is 4.99. The maximum Gasteiger partial charge on any atom is 0.251 e. The molecule has 1 amide bonds. The molecule has 1 aliphatic rings. The maximum absolute atomic E-state index is 11.9. The summed E-state index contributed by atoms with van der Waals surface area (Å²) in [5.74, 6) is -0.167. The molecule has 1 unspecified atom stereocenters. The number of benzene rings is 1. The van der Waals surface area contributed by atoms with Crippen molar-refractivity contribution in [3.8, 4) is 0 Å². The molecule has 4 nitrogen and oxygen atoms in total. The van der Waals surface area contributed by atoms with Gasteiger partial charge in [-0.2, -0.15) is 0 Å². The van der Waals surface area contributed by atoms with Crippen molar-refractivity contribution < 1.29 is 9.63 Å². The number of nitrogens with one attached hydrogen (secondary N) is 2. The zero-order valence-electron chi connectivity index (χ0n) is 9.32. The second-order valence-corrected chi connectivity index (χ2v) is 3.75. The van der Waals surface area contributed by atoms with Crippen LogP contribution in [0.5, 0.6) is 0 Å². The Balaban J connectivity index is 2.15. The predicted molar refractivity (Wildman–Crippen MR) is 62.1 cm³/mol. The van der Waals surface area contributed by atoms with Gasteiger partial charge >= 0.3 is 0 Å².